The summed E-state index contributed by atoms with van der Waals surface area (Å²) >= 11 is 0. The molecule has 2 amide bonds. The van der Waals surface area contributed by atoms with Crippen molar-refractivity contribution in [1.82, 2.24) is 5.32 Å². The first-order chi connectivity index (χ1) is 15.3. The predicted molar refractivity (Wildman–Crippen MR) is 118 cm³/mol. The lowest BCUT2D eigenvalue weighted by molar-refractivity contribution is -0.138. The molecule has 1 aromatic carbocycles. The van der Waals surface area contributed by atoms with Crippen molar-refractivity contribution in [3.05, 3.63) is 70.5 Å². The van der Waals surface area contributed by atoms with Crippen LogP contribution in [-0.2, 0) is 25.7 Å². The van der Waals surface area contributed by atoms with Gasteiger partial charge in [0.05, 0.1) is 18.9 Å². The number of aryl methyl sites for hydroxylation is 1. The monoisotopic (exact) mass is 437 g/mol. The molecule has 0 unspecified atom stereocenters. The van der Waals surface area contributed by atoms with Crippen LogP contribution >= 0.6 is 0 Å². The molecular formula is C23H23N3O6. The van der Waals surface area contributed by atoms with Crippen LogP contribution in [0, 0.1) is 6.92 Å². The molecule has 1 aromatic heterocycles. The number of aliphatic hydroxyl groups excluding tert-OH is 1. The Morgan fingerprint density at radius 2 is 1.81 bits per heavy atom. The van der Waals surface area contributed by atoms with Gasteiger partial charge < -0.3 is 24.9 Å². The Kier molecular flexibility index (Phi) is 6.89. The second-order valence-electron chi connectivity index (χ2n) is 6.98. The first-order valence-corrected chi connectivity index (χ1v) is 9.91. The fourth-order valence-corrected chi connectivity index (χ4v) is 2.91. The number of aliphatic hydroxyl groups is 1. The zero-order valence-corrected chi connectivity index (χ0v) is 17.9. The van der Waals surface area contributed by atoms with Crippen LogP contribution in [0.5, 0.6) is 0 Å². The normalized spacial score (nSPS) is 14.3. The molecule has 9 nitrogen and oxygen atoms in total. The van der Waals surface area contributed by atoms with E-state index in [-0.39, 0.29) is 30.2 Å². The molecule has 0 aliphatic carbocycles. The number of anilines is 1. The molecule has 32 heavy (non-hydrogen) atoms. The summed E-state index contributed by atoms with van der Waals surface area (Å²) in [5, 5.41) is 15.3. The van der Waals surface area contributed by atoms with Gasteiger partial charge in [-0.2, -0.15) is 0 Å². The third-order valence-electron chi connectivity index (χ3n) is 4.51. The summed E-state index contributed by atoms with van der Waals surface area (Å²) in [6.45, 7) is 5.35. The summed E-state index contributed by atoms with van der Waals surface area (Å²) in [5.74, 6) is -1.80. The smallest absolute Gasteiger partial charge is 0.343 e. The number of hydrogen-bond donors (Lipinski definition) is 3. The summed E-state index contributed by atoms with van der Waals surface area (Å²) in [6.07, 6.45) is 1.46. The van der Waals surface area contributed by atoms with Crippen molar-refractivity contribution in [2.24, 2.45) is 4.99 Å². The summed E-state index contributed by atoms with van der Waals surface area (Å²) in [7, 11) is 0. The van der Waals surface area contributed by atoms with Crippen LogP contribution in [0.4, 0.5) is 5.69 Å². The highest BCUT2D eigenvalue weighted by Crippen LogP contribution is 2.26. The number of benzene rings is 1. The minimum Gasteiger partial charge on any atom is -0.505 e. The van der Waals surface area contributed by atoms with Gasteiger partial charge in [0.1, 0.15) is 22.8 Å². The third kappa shape index (κ3) is 5.31. The van der Waals surface area contributed by atoms with Crippen molar-refractivity contribution in [2.75, 3.05) is 11.9 Å². The molecule has 0 fully saturated rings. The van der Waals surface area contributed by atoms with Crippen molar-refractivity contribution in [3.8, 4) is 0 Å². The van der Waals surface area contributed by atoms with E-state index >= 15 is 0 Å². The van der Waals surface area contributed by atoms with Gasteiger partial charge in [0.2, 0.25) is 0 Å². The number of carbonyl (C=O) groups excluding carboxylic acids is 3. The Morgan fingerprint density at radius 3 is 2.50 bits per heavy atom. The largest absolute Gasteiger partial charge is 0.505 e. The lowest BCUT2D eigenvalue weighted by Gasteiger charge is -2.05. The summed E-state index contributed by atoms with van der Waals surface area (Å²) < 4.78 is 10.5. The number of nitrogens with zero attached hydrogens (tertiary/aromatic N) is 1. The number of esters is 1. The van der Waals surface area contributed by atoms with E-state index in [1.165, 1.54) is 6.08 Å². The number of rotatable bonds is 6. The standard InChI is InChI=1S/C23H23N3O6/c1-4-31-23(30)19-14(3)25-18(20(19)27)11-16-9-10-17(32-16)12-24-21(28)22(29)26-15-7-5-13(2)6-8-15/h5-11,27H,4,12H2,1-3H3,(H,24,28)(H,26,29). The maximum absolute atomic E-state index is 12.0. The maximum Gasteiger partial charge on any atom is 0.343 e. The summed E-state index contributed by atoms with van der Waals surface area (Å²) in [5.41, 5.74) is 2.07. The first-order valence-electron chi connectivity index (χ1n) is 9.91. The Hall–Kier alpha value is -4.14. The average molecular weight is 437 g/mol. The topological polar surface area (TPSA) is 130 Å². The summed E-state index contributed by atoms with van der Waals surface area (Å²) in [6, 6.07) is 10.3. The molecule has 166 valence electrons. The van der Waals surface area contributed by atoms with Crippen molar-refractivity contribution >= 4 is 35.3 Å². The lowest BCUT2D eigenvalue weighted by Crippen LogP contribution is -2.34. The Balaban J connectivity index is 1.60. The summed E-state index contributed by atoms with van der Waals surface area (Å²) in [4.78, 5) is 40.2. The van der Waals surface area contributed by atoms with Crippen molar-refractivity contribution < 1.29 is 28.6 Å². The molecule has 1 aliphatic heterocycles. The highest BCUT2D eigenvalue weighted by Gasteiger charge is 2.27. The van der Waals surface area contributed by atoms with Crippen LogP contribution in [0.15, 0.2) is 62.8 Å². The van der Waals surface area contributed by atoms with Crippen molar-refractivity contribution in [1.29, 1.82) is 0 Å². The number of amides is 2. The van der Waals surface area contributed by atoms with Crippen LogP contribution in [0.25, 0.3) is 6.08 Å². The molecule has 3 rings (SSSR count). The number of aliphatic imine (C=N–C) groups is 1. The van der Waals surface area contributed by atoms with Crippen molar-refractivity contribution in [3.63, 3.8) is 0 Å². The zero-order chi connectivity index (χ0) is 23.3. The van der Waals surface area contributed by atoms with E-state index in [0.717, 1.165) is 5.56 Å². The quantitative estimate of drug-likeness (QED) is 0.470. The average Bonchev–Trinajstić information content (AvgIpc) is 3.31. The number of ether oxygens (including phenoxy) is 1. The molecule has 0 atom stereocenters. The molecule has 2 aromatic rings. The second kappa shape index (κ2) is 9.78. The zero-order valence-electron chi connectivity index (χ0n) is 17.9. The van der Waals surface area contributed by atoms with Crippen LogP contribution in [-0.4, -0.2) is 35.2 Å². The Bertz CT molecular complexity index is 1140. The van der Waals surface area contributed by atoms with E-state index < -0.39 is 17.8 Å². The van der Waals surface area contributed by atoms with Gasteiger partial charge in [-0.05, 0) is 45.0 Å². The Morgan fingerprint density at radius 1 is 1.09 bits per heavy atom. The minimum atomic E-state index is -0.808. The molecule has 0 bridgehead atoms. The fraction of sp³-hybridized carbons (Fsp3) is 0.217. The first kappa shape index (κ1) is 22.5. The molecule has 3 N–H and O–H groups in total. The van der Waals surface area contributed by atoms with E-state index in [2.05, 4.69) is 15.6 Å². The number of carbonyl (C=O) groups is 3. The number of nitrogens with one attached hydrogen (secondary N) is 2. The molecule has 1 aliphatic rings. The predicted octanol–water partition coefficient (Wildman–Crippen LogP) is 3.03. The lowest BCUT2D eigenvalue weighted by atomic mass is 10.1. The van der Waals surface area contributed by atoms with Gasteiger partial charge in [-0.15, -0.1) is 0 Å². The fourth-order valence-electron chi connectivity index (χ4n) is 2.91. The highest BCUT2D eigenvalue weighted by molar-refractivity contribution is 6.39. The third-order valence-corrected chi connectivity index (χ3v) is 4.51. The van der Waals surface area contributed by atoms with Crippen LogP contribution in [0.2, 0.25) is 0 Å². The van der Waals surface area contributed by atoms with Gasteiger partial charge >= 0.3 is 17.8 Å². The molecule has 0 saturated heterocycles. The minimum absolute atomic E-state index is 0.0109. The van der Waals surface area contributed by atoms with E-state index in [0.29, 0.717) is 22.9 Å². The second-order valence-corrected chi connectivity index (χ2v) is 6.98. The van der Waals surface area contributed by atoms with E-state index in [1.807, 2.05) is 19.1 Å². The highest BCUT2D eigenvalue weighted by atomic mass is 16.5. The number of furan rings is 1. The molecule has 0 radical (unpaired) electrons. The van der Waals surface area contributed by atoms with Crippen LogP contribution in [0.3, 0.4) is 0 Å². The molecule has 0 saturated carbocycles. The van der Waals surface area contributed by atoms with Gasteiger partial charge in [-0.3, -0.25) is 9.59 Å². The van der Waals surface area contributed by atoms with Crippen LogP contribution in [0.1, 0.15) is 30.9 Å². The molecule has 0 spiro atoms. The Labute approximate surface area is 184 Å². The molecule has 2 heterocycles. The van der Waals surface area contributed by atoms with Gasteiger partial charge in [-0.25, -0.2) is 9.79 Å². The van der Waals surface area contributed by atoms with Crippen LogP contribution < -0.4 is 10.6 Å². The number of hydrogen-bond acceptors (Lipinski definition) is 7. The van der Waals surface area contributed by atoms with Gasteiger partial charge in [0.25, 0.3) is 0 Å². The van der Waals surface area contributed by atoms with Gasteiger partial charge in [0.15, 0.2) is 5.76 Å². The van der Waals surface area contributed by atoms with E-state index in [4.69, 9.17) is 9.15 Å². The van der Waals surface area contributed by atoms with Crippen molar-refractivity contribution in [2.45, 2.75) is 27.3 Å². The van der Waals surface area contributed by atoms with E-state index in [1.54, 1.807) is 38.1 Å². The molecule has 9 heteroatoms. The SMILES string of the molecule is CCOC(=O)C1=C(O)C(=Cc2ccc(CNC(=O)C(=O)Nc3ccc(C)cc3)o2)N=C1C. The maximum atomic E-state index is 12.0. The van der Waals surface area contributed by atoms with Gasteiger partial charge in [0, 0.05) is 11.8 Å². The van der Waals surface area contributed by atoms with E-state index in [9.17, 15) is 19.5 Å². The molecular weight excluding hydrogens is 414 g/mol. The van der Waals surface area contributed by atoms with Gasteiger partial charge in [-0.1, -0.05) is 17.7 Å².